The summed E-state index contributed by atoms with van der Waals surface area (Å²) >= 11 is 0. The predicted molar refractivity (Wildman–Crippen MR) is 41.2 cm³/mol. The Morgan fingerprint density at radius 2 is 2.08 bits per heavy atom. The molecule has 1 amide bonds. The molecule has 0 aromatic heterocycles. The van der Waals surface area contributed by atoms with Gasteiger partial charge in [0.15, 0.2) is 0 Å². The summed E-state index contributed by atoms with van der Waals surface area (Å²) in [4.78, 5) is 20.7. The highest BCUT2D eigenvalue weighted by Gasteiger charge is 2.42. The molecule has 0 heterocycles. The monoisotopic (exact) mass is 167 g/mol. The molecule has 0 unspecified atom stereocenters. The lowest BCUT2D eigenvalue weighted by atomic mass is 10.3. The van der Waals surface area contributed by atoms with Crippen molar-refractivity contribution >= 4 is 11.9 Å². The van der Waals surface area contributed by atoms with Crippen LogP contribution in [0.15, 0.2) is 0 Å². The quantitative estimate of drug-likeness (QED) is 0.529. The van der Waals surface area contributed by atoms with E-state index in [9.17, 15) is 9.59 Å². The fourth-order valence-electron chi connectivity index (χ4n) is 0.916. The number of aliphatic carboxylic acids is 1. The standard InChI is InChI=1S/C8H9NO3/c1-6(10)9-8(4-5-8)3-2-7(11)12/h4-5H2,1H3,(H,9,10)(H,11,12). The topological polar surface area (TPSA) is 66.4 Å². The van der Waals surface area contributed by atoms with E-state index in [1.807, 2.05) is 5.92 Å². The molecule has 1 fully saturated rings. The molecule has 0 radical (unpaired) electrons. The minimum Gasteiger partial charge on any atom is -0.472 e. The molecule has 1 aliphatic rings. The van der Waals surface area contributed by atoms with Crippen molar-refractivity contribution in [1.82, 2.24) is 5.32 Å². The van der Waals surface area contributed by atoms with Crippen LogP contribution in [0.1, 0.15) is 19.8 Å². The summed E-state index contributed by atoms with van der Waals surface area (Å²) in [5, 5.41) is 10.9. The molecular formula is C8H9NO3. The van der Waals surface area contributed by atoms with Gasteiger partial charge in [0.1, 0.15) is 5.54 Å². The first-order valence-corrected chi connectivity index (χ1v) is 3.59. The maximum atomic E-state index is 10.6. The lowest BCUT2D eigenvalue weighted by Crippen LogP contribution is -2.33. The first kappa shape index (κ1) is 8.60. The van der Waals surface area contributed by atoms with Crippen molar-refractivity contribution in [3.05, 3.63) is 0 Å². The summed E-state index contributed by atoms with van der Waals surface area (Å²) in [5.41, 5.74) is -0.537. The van der Waals surface area contributed by atoms with Crippen molar-refractivity contribution in [2.45, 2.75) is 25.3 Å². The number of carboxylic acid groups (broad SMARTS) is 1. The first-order valence-electron chi connectivity index (χ1n) is 3.59. The van der Waals surface area contributed by atoms with Gasteiger partial charge in [0, 0.05) is 12.8 Å². The maximum absolute atomic E-state index is 10.6. The molecule has 0 aliphatic heterocycles. The van der Waals surface area contributed by atoms with Gasteiger partial charge in [0.25, 0.3) is 0 Å². The van der Waals surface area contributed by atoms with Gasteiger partial charge < -0.3 is 10.4 Å². The van der Waals surface area contributed by atoms with Crippen LogP contribution in [-0.4, -0.2) is 22.5 Å². The van der Waals surface area contributed by atoms with Crippen LogP contribution in [0, 0.1) is 11.8 Å². The predicted octanol–water partition coefficient (Wildman–Crippen LogP) is -0.257. The average molecular weight is 167 g/mol. The largest absolute Gasteiger partial charge is 0.472 e. The van der Waals surface area contributed by atoms with Gasteiger partial charge in [-0.15, -0.1) is 0 Å². The van der Waals surface area contributed by atoms with E-state index in [1.54, 1.807) is 0 Å². The molecule has 0 aromatic rings. The molecule has 0 atom stereocenters. The summed E-state index contributed by atoms with van der Waals surface area (Å²) < 4.78 is 0. The van der Waals surface area contributed by atoms with E-state index >= 15 is 0 Å². The maximum Gasteiger partial charge on any atom is 0.381 e. The Hall–Kier alpha value is -1.50. The fraction of sp³-hybridized carbons (Fsp3) is 0.500. The number of nitrogens with one attached hydrogen (secondary N) is 1. The number of rotatable bonds is 1. The third-order valence-electron chi connectivity index (χ3n) is 1.57. The van der Waals surface area contributed by atoms with E-state index in [2.05, 4.69) is 11.2 Å². The number of amides is 1. The van der Waals surface area contributed by atoms with Crippen LogP contribution < -0.4 is 5.32 Å². The Morgan fingerprint density at radius 3 is 2.42 bits per heavy atom. The molecule has 0 bridgehead atoms. The van der Waals surface area contributed by atoms with Crippen LogP contribution in [0.25, 0.3) is 0 Å². The first-order chi connectivity index (χ1) is 5.54. The normalized spacial score (nSPS) is 17.1. The van der Waals surface area contributed by atoms with Gasteiger partial charge in [-0.05, 0) is 12.8 Å². The van der Waals surface area contributed by atoms with Gasteiger partial charge in [-0.2, -0.15) is 0 Å². The van der Waals surface area contributed by atoms with E-state index < -0.39 is 11.5 Å². The Labute approximate surface area is 70.0 Å². The highest BCUT2D eigenvalue weighted by molar-refractivity contribution is 5.87. The molecule has 1 saturated carbocycles. The van der Waals surface area contributed by atoms with E-state index in [0.29, 0.717) is 0 Å². The molecule has 2 N–H and O–H groups in total. The van der Waals surface area contributed by atoms with Gasteiger partial charge in [-0.1, -0.05) is 5.92 Å². The number of carbonyl (C=O) groups is 2. The Balaban J connectivity index is 2.57. The minimum absolute atomic E-state index is 0.174. The summed E-state index contributed by atoms with van der Waals surface area (Å²) in [7, 11) is 0. The Morgan fingerprint density at radius 1 is 1.50 bits per heavy atom. The number of hydrogen-bond donors (Lipinski definition) is 2. The van der Waals surface area contributed by atoms with Crippen molar-refractivity contribution in [2.24, 2.45) is 0 Å². The van der Waals surface area contributed by atoms with Crippen molar-refractivity contribution in [3.63, 3.8) is 0 Å². The Bertz CT molecular complexity index is 280. The zero-order valence-electron chi connectivity index (χ0n) is 6.68. The highest BCUT2D eigenvalue weighted by atomic mass is 16.4. The van der Waals surface area contributed by atoms with E-state index in [1.165, 1.54) is 6.92 Å². The van der Waals surface area contributed by atoms with Crippen molar-refractivity contribution < 1.29 is 14.7 Å². The van der Waals surface area contributed by atoms with Gasteiger partial charge in [0.05, 0.1) is 0 Å². The molecule has 1 aliphatic carbocycles. The molecule has 64 valence electrons. The molecule has 1 rings (SSSR count). The highest BCUT2D eigenvalue weighted by Crippen LogP contribution is 2.34. The molecule has 12 heavy (non-hydrogen) atoms. The smallest absolute Gasteiger partial charge is 0.381 e. The molecule has 0 spiro atoms. The molecule has 0 saturated heterocycles. The van der Waals surface area contributed by atoms with Gasteiger partial charge >= 0.3 is 5.97 Å². The summed E-state index contributed by atoms with van der Waals surface area (Å²) in [6.45, 7) is 1.39. The van der Waals surface area contributed by atoms with Crippen LogP contribution in [0.3, 0.4) is 0 Å². The van der Waals surface area contributed by atoms with Crippen LogP contribution >= 0.6 is 0 Å². The average Bonchev–Trinajstić information content (AvgIpc) is 2.64. The van der Waals surface area contributed by atoms with E-state index in [-0.39, 0.29) is 5.91 Å². The second-order valence-corrected chi connectivity index (χ2v) is 2.82. The lowest BCUT2D eigenvalue weighted by Gasteiger charge is -2.06. The van der Waals surface area contributed by atoms with Crippen LogP contribution in [0.4, 0.5) is 0 Å². The molecule has 4 nitrogen and oxygen atoms in total. The number of carboxylic acids is 1. The summed E-state index contributed by atoms with van der Waals surface area (Å²) in [6, 6.07) is 0. The second kappa shape index (κ2) is 2.86. The summed E-state index contributed by atoms with van der Waals surface area (Å²) in [6.07, 6.45) is 1.49. The Kier molecular flexibility index (Phi) is 2.05. The molecule has 0 aromatic carbocycles. The minimum atomic E-state index is -1.16. The van der Waals surface area contributed by atoms with E-state index in [4.69, 9.17) is 5.11 Å². The number of carbonyl (C=O) groups excluding carboxylic acids is 1. The zero-order valence-corrected chi connectivity index (χ0v) is 6.68. The third kappa shape index (κ3) is 2.27. The van der Waals surface area contributed by atoms with Gasteiger partial charge in [-0.25, -0.2) is 4.79 Å². The van der Waals surface area contributed by atoms with Crippen molar-refractivity contribution in [3.8, 4) is 11.8 Å². The molecular weight excluding hydrogens is 158 g/mol. The second-order valence-electron chi connectivity index (χ2n) is 2.82. The lowest BCUT2D eigenvalue weighted by molar-refractivity contribution is -0.130. The van der Waals surface area contributed by atoms with Crippen LogP contribution in [-0.2, 0) is 9.59 Å². The zero-order chi connectivity index (χ0) is 9.19. The number of hydrogen-bond acceptors (Lipinski definition) is 2. The SMILES string of the molecule is CC(=O)NC1(C#CC(=O)O)CC1. The third-order valence-corrected chi connectivity index (χ3v) is 1.57. The van der Waals surface area contributed by atoms with E-state index in [0.717, 1.165) is 12.8 Å². The molecule has 4 heteroatoms. The van der Waals surface area contributed by atoms with Crippen molar-refractivity contribution in [2.75, 3.05) is 0 Å². The van der Waals surface area contributed by atoms with Crippen LogP contribution in [0.2, 0.25) is 0 Å². The van der Waals surface area contributed by atoms with Crippen LogP contribution in [0.5, 0.6) is 0 Å². The van der Waals surface area contributed by atoms with Crippen molar-refractivity contribution in [1.29, 1.82) is 0 Å². The fourth-order valence-corrected chi connectivity index (χ4v) is 0.916. The van der Waals surface area contributed by atoms with Gasteiger partial charge in [-0.3, -0.25) is 4.79 Å². The summed E-state index contributed by atoms with van der Waals surface area (Å²) in [5.74, 6) is 3.19. The van der Waals surface area contributed by atoms with Gasteiger partial charge in [0.2, 0.25) is 5.91 Å².